The topological polar surface area (TPSA) is 39.1 Å². The number of aromatic nitrogens is 2. The predicted molar refractivity (Wildman–Crippen MR) is 62.8 cm³/mol. The lowest BCUT2D eigenvalue weighted by molar-refractivity contribution is 0.0447. The smallest absolute Gasteiger partial charge is 0.343 e. The van der Waals surface area contributed by atoms with E-state index >= 15 is 0 Å². The first kappa shape index (κ1) is 10.9. The fourth-order valence-corrected chi connectivity index (χ4v) is 1.42. The molecule has 0 radical (unpaired) electrons. The van der Waals surface area contributed by atoms with Crippen LogP contribution in [0.25, 0.3) is 0 Å². The standard InChI is InChI=1S/C7H10N2O.C5H5N/c1-2-5-9(4-1)7-8-3-6-10-7;1-2-4-6-5-3-1/h1-2,4-5,7-8H,3,6H2;1-5H/p+1. The molecule has 4 heteroatoms. The molecule has 3 rings (SSSR count). The van der Waals surface area contributed by atoms with E-state index in [1.54, 1.807) is 12.4 Å². The van der Waals surface area contributed by atoms with Gasteiger partial charge in [-0.1, -0.05) is 6.07 Å². The van der Waals surface area contributed by atoms with Crippen LogP contribution in [-0.2, 0) is 4.74 Å². The van der Waals surface area contributed by atoms with Crippen molar-refractivity contribution >= 4 is 0 Å². The van der Waals surface area contributed by atoms with E-state index in [1.165, 1.54) is 0 Å². The molecule has 2 aromatic rings. The summed E-state index contributed by atoms with van der Waals surface area (Å²) in [4.78, 5) is 3.78. The molecular weight excluding hydrogens is 202 g/mol. The molecule has 0 amide bonds. The Morgan fingerprint density at radius 3 is 2.31 bits per heavy atom. The highest BCUT2D eigenvalue weighted by atomic mass is 16.5. The minimum absolute atomic E-state index is 0. The first-order valence-electron chi connectivity index (χ1n) is 5.29. The van der Waals surface area contributed by atoms with Gasteiger partial charge in [0.2, 0.25) is 0 Å². The summed E-state index contributed by atoms with van der Waals surface area (Å²) < 4.78 is 7.36. The highest BCUT2D eigenvalue weighted by molar-refractivity contribution is 4.91. The van der Waals surface area contributed by atoms with Gasteiger partial charge in [0.15, 0.2) is 6.35 Å². The number of rotatable bonds is 1. The maximum atomic E-state index is 5.35. The summed E-state index contributed by atoms with van der Waals surface area (Å²) in [6, 6.07) is 9.69. The van der Waals surface area contributed by atoms with E-state index in [1.807, 2.05) is 47.3 Å². The van der Waals surface area contributed by atoms with E-state index in [2.05, 4.69) is 10.3 Å². The number of nitrogens with zero attached hydrogens (tertiary/aromatic N) is 2. The van der Waals surface area contributed by atoms with Gasteiger partial charge in [0.05, 0.1) is 6.61 Å². The summed E-state index contributed by atoms with van der Waals surface area (Å²) in [5, 5.41) is 3.20. The van der Waals surface area contributed by atoms with Crippen LogP contribution < -0.4 is 5.32 Å². The van der Waals surface area contributed by atoms with E-state index in [9.17, 15) is 0 Å². The lowest BCUT2D eigenvalue weighted by Crippen LogP contribution is -2.19. The summed E-state index contributed by atoms with van der Waals surface area (Å²) in [7, 11) is 0. The van der Waals surface area contributed by atoms with Crippen molar-refractivity contribution in [3.05, 3.63) is 55.1 Å². The molecular formula is C12H16N3O+. The van der Waals surface area contributed by atoms with Crippen molar-refractivity contribution in [2.45, 2.75) is 6.35 Å². The van der Waals surface area contributed by atoms with Crippen molar-refractivity contribution in [2.75, 3.05) is 13.2 Å². The summed E-state index contributed by atoms with van der Waals surface area (Å²) in [5.74, 6) is 0. The van der Waals surface area contributed by atoms with Gasteiger partial charge in [0.25, 0.3) is 0 Å². The molecule has 3 heterocycles. The third-order valence-electron chi connectivity index (χ3n) is 2.16. The van der Waals surface area contributed by atoms with Gasteiger partial charge in [0.1, 0.15) is 0 Å². The molecule has 1 N–H and O–H groups in total. The molecule has 0 aromatic carbocycles. The Labute approximate surface area is 96.4 Å². The zero-order valence-corrected chi connectivity index (χ0v) is 8.99. The normalized spacial score (nSPS) is 18.9. The summed E-state index contributed by atoms with van der Waals surface area (Å²) in [6.45, 7) is 1.76. The third-order valence-corrected chi connectivity index (χ3v) is 2.16. The zero-order valence-electron chi connectivity index (χ0n) is 9.99. The quantitative estimate of drug-likeness (QED) is 0.792. The first-order chi connectivity index (χ1) is 7.97. The number of hydrogen-bond donors (Lipinski definition) is 1. The Balaban J connectivity index is 0.000000180. The Morgan fingerprint density at radius 2 is 1.88 bits per heavy atom. The van der Waals surface area contributed by atoms with Crippen LogP contribution in [0.4, 0.5) is 0 Å². The molecule has 0 spiro atoms. The number of nitrogens with one attached hydrogen (secondary N) is 1. The van der Waals surface area contributed by atoms with Gasteiger partial charge in [-0.15, -0.1) is 0 Å². The van der Waals surface area contributed by atoms with Crippen LogP contribution in [0.5, 0.6) is 0 Å². The summed E-state index contributed by atoms with van der Waals surface area (Å²) in [6.07, 6.45) is 7.54. The molecule has 1 unspecified atom stereocenters. The molecule has 0 bridgehead atoms. The molecule has 1 aliphatic rings. The molecule has 1 aliphatic heterocycles. The van der Waals surface area contributed by atoms with Gasteiger partial charge < -0.3 is 9.30 Å². The Kier molecular flexibility index (Phi) is 4.10. The van der Waals surface area contributed by atoms with Gasteiger partial charge in [-0.3, -0.25) is 10.3 Å². The monoisotopic (exact) mass is 218 g/mol. The Hall–Kier alpha value is -1.65. The summed E-state index contributed by atoms with van der Waals surface area (Å²) in [5.41, 5.74) is 0. The highest BCUT2D eigenvalue weighted by Crippen LogP contribution is 2.08. The van der Waals surface area contributed by atoms with E-state index in [0.29, 0.717) is 0 Å². The number of pyridine rings is 1. The minimum atomic E-state index is 0. The van der Waals surface area contributed by atoms with E-state index in [0.717, 1.165) is 13.2 Å². The van der Waals surface area contributed by atoms with Crippen molar-refractivity contribution in [3.63, 3.8) is 0 Å². The maximum absolute atomic E-state index is 5.35. The molecule has 16 heavy (non-hydrogen) atoms. The van der Waals surface area contributed by atoms with Crippen LogP contribution in [0.3, 0.4) is 0 Å². The van der Waals surface area contributed by atoms with Crippen LogP contribution in [-0.4, -0.2) is 22.7 Å². The second-order valence-corrected chi connectivity index (χ2v) is 3.33. The largest absolute Gasteiger partial charge is 1.00 e. The average Bonchev–Trinajstić information content (AvgIpc) is 3.05. The molecule has 2 aromatic heterocycles. The van der Waals surface area contributed by atoms with Crippen LogP contribution >= 0.6 is 0 Å². The van der Waals surface area contributed by atoms with Crippen LogP contribution in [0.1, 0.15) is 7.78 Å². The SMILES string of the molecule is [H+].c1ccn(C2NCCO2)c1.c1ccncc1. The van der Waals surface area contributed by atoms with E-state index < -0.39 is 0 Å². The van der Waals surface area contributed by atoms with Gasteiger partial charge in [0, 0.05) is 31.3 Å². The van der Waals surface area contributed by atoms with Crippen LogP contribution in [0.15, 0.2) is 55.1 Å². The highest BCUT2D eigenvalue weighted by Gasteiger charge is 2.13. The summed E-state index contributed by atoms with van der Waals surface area (Å²) >= 11 is 0. The lowest BCUT2D eigenvalue weighted by Gasteiger charge is -2.10. The number of hydrogen-bond acceptors (Lipinski definition) is 3. The first-order valence-corrected chi connectivity index (χ1v) is 5.29. The molecule has 1 atom stereocenters. The maximum Gasteiger partial charge on any atom is 1.00 e. The van der Waals surface area contributed by atoms with Gasteiger partial charge in [-0.25, -0.2) is 0 Å². The zero-order chi connectivity index (χ0) is 11.1. The average molecular weight is 218 g/mol. The molecule has 4 nitrogen and oxygen atoms in total. The van der Waals surface area contributed by atoms with Gasteiger partial charge >= 0.3 is 1.43 Å². The van der Waals surface area contributed by atoms with Crippen LogP contribution in [0.2, 0.25) is 0 Å². The van der Waals surface area contributed by atoms with E-state index in [-0.39, 0.29) is 7.78 Å². The Morgan fingerprint density at radius 1 is 1.12 bits per heavy atom. The molecule has 0 aliphatic carbocycles. The van der Waals surface area contributed by atoms with Crippen molar-refractivity contribution < 1.29 is 6.16 Å². The van der Waals surface area contributed by atoms with Crippen molar-refractivity contribution in [3.8, 4) is 0 Å². The second-order valence-electron chi connectivity index (χ2n) is 3.33. The number of ether oxygens (including phenoxy) is 1. The second kappa shape index (κ2) is 6.05. The van der Waals surface area contributed by atoms with E-state index in [4.69, 9.17) is 4.74 Å². The molecule has 0 saturated carbocycles. The fourth-order valence-electron chi connectivity index (χ4n) is 1.42. The van der Waals surface area contributed by atoms with Crippen molar-refractivity contribution in [1.29, 1.82) is 0 Å². The van der Waals surface area contributed by atoms with Gasteiger partial charge in [-0.05, 0) is 24.3 Å². The Bertz CT molecular complexity index is 347. The molecule has 1 saturated heterocycles. The minimum Gasteiger partial charge on any atom is -0.343 e. The third kappa shape index (κ3) is 3.18. The van der Waals surface area contributed by atoms with Crippen LogP contribution in [0, 0.1) is 0 Å². The predicted octanol–water partition coefficient (Wildman–Crippen LogP) is 1.76. The molecule has 1 fully saturated rings. The van der Waals surface area contributed by atoms with Gasteiger partial charge in [-0.2, -0.15) is 0 Å². The lowest BCUT2D eigenvalue weighted by atomic mass is 10.5. The van der Waals surface area contributed by atoms with Crippen molar-refractivity contribution in [1.82, 2.24) is 14.9 Å². The molecule has 84 valence electrons. The van der Waals surface area contributed by atoms with Crippen molar-refractivity contribution in [2.24, 2.45) is 0 Å². The fraction of sp³-hybridized carbons (Fsp3) is 0.250.